The molecule has 1 aromatic heterocycles. The Morgan fingerprint density at radius 3 is 2.67 bits per heavy atom. The number of alkyl halides is 4. The van der Waals surface area contributed by atoms with Crippen molar-refractivity contribution in [3.8, 4) is 0 Å². The predicted octanol–water partition coefficient (Wildman–Crippen LogP) is 2.39. The molecule has 1 heterocycles. The maximum absolute atomic E-state index is 12.0. The second kappa shape index (κ2) is 5.29. The van der Waals surface area contributed by atoms with Gasteiger partial charge in [-0.3, -0.25) is 0 Å². The smallest absolute Gasteiger partial charge is 0.369 e. The maximum atomic E-state index is 12.0. The van der Waals surface area contributed by atoms with Gasteiger partial charge in [0.2, 0.25) is 0 Å². The molecule has 0 unspecified atom stereocenters. The Kier molecular flexibility index (Phi) is 4.31. The zero-order chi connectivity index (χ0) is 11.3. The number of hydrogen-bond donors (Lipinski definition) is 1. The van der Waals surface area contributed by atoms with Gasteiger partial charge in [0.15, 0.2) is 0 Å². The van der Waals surface area contributed by atoms with E-state index in [1.807, 2.05) is 0 Å². The van der Waals surface area contributed by atoms with E-state index in [9.17, 15) is 13.2 Å². The number of hydrogen-bond acceptors (Lipinski definition) is 3. The quantitative estimate of drug-likeness (QED) is 0.863. The number of halogens is 4. The van der Waals surface area contributed by atoms with Crippen LogP contribution < -0.4 is 5.32 Å². The lowest BCUT2D eigenvalue weighted by atomic mass is 10.3. The number of nitrogens with zero attached hydrogens (tertiary/aromatic N) is 2. The first-order valence-corrected chi connectivity index (χ1v) is 5.31. The maximum Gasteiger partial charge on any atom is 0.394 e. The molecule has 1 N–H and O–H groups in total. The van der Waals surface area contributed by atoms with Crippen LogP contribution in [0.3, 0.4) is 0 Å². The van der Waals surface area contributed by atoms with Crippen LogP contribution >= 0.6 is 15.9 Å². The van der Waals surface area contributed by atoms with E-state index in [1.54, 1.807) is 0 Å². The zero-order valence-electron chi connectivity index (χ0n) is 7.68. The summed E-state index contributed by atoms with van der Waals surface area (Å²) in [6, 6.07) is 1.30. The van der Waals surface area contributed by atoms with E-state index in [0.29, 0.717) is 17.7 Å². The van der Waals surface area contributed by atoms with E-state index in [0.717, 1.165) is 6.33 Å². The van der Waals surface area contributed by atoms with Crippen LogP contribution in [0.1, 0.15) is 5.69 Å². The Morgan fingerprint density at radius 2 is 2.07 bits per heavy atom. The Morgan fingerprint density at radius 1 is 1.33 bits per heavy atom. The molecule has 0 bridgehead atoms. The molecule has 84 valence electrons. The van der Waals surface area contributed by atoms with Gasteiger partial charge >= 0.3 is 6.18 Å². The summed E-state index contributed by atoms with van der Waals surface area (Å²) in [4.78, 5) is 7.35. The monoisotopic (exact) mass is 283 g/mol. The van der Waals surface area contributed by atoms with Gasteiger partial charge in [-0.05, 0) is 0 Å². The van der Waals surface area contributed by atoms with Crippen molar-refractivity contribution in [1.29, 1.82) is 0 Å². The molecule has 15 heavy (non-hydrogen) atoms. The lowest BCUT2D eigenvalue weighted by Crippen LogP contribution is -2.13. The van der Waals surface area contributed by atoms with Crippen molar-refractivity contribution in [3.05, 3.63) is 18.1 Å². The molecule has 0 aliphatic rings. The fourth-order valence-corrected chi connectivity index (χ4v) is 1.17. The summed E-state index contributed by atoms with van der Waals surface area (Å²) < 4.78 is 36.1. The van der Waals surface area contributed by atoms with E-state index in [1.165, 1.54) is 6.07 Å². The first-order valence-electron chi connectivity index (χ1n) is 4.19. The van der Waals surface area contributed by atoms with Crippen LogP contribution in [0.15, 0.2) is 12.4 Å². The van der Waals surface area contributed by atoms with Crippen molar-refractivity contribution in [3.63, 3.8) is 0 Å². The normalized spacial score (nSPS) is 11.5. The highest BCUT2D eigenvalue weighted by atomic mass is 79.9. The average molecular weight is 284 g/mol. The van der Waals surface area contributed by atoms with Crippen molar-refractivity contribution >= 4 is 21.7 Å². The van der Waals surface area contributed by atoms with E-state index >= 15 is 0 Å². The molecule has 0 saturated heterocycles. The summed E-state index contributed by atoms with van der Waals surface area (Å²) in [6.07, 6.45) is -4.14. The van der Waals surface area contributed by atoms with Gasteiger partial charge in [-0.15, -0.1) is 0 Å². The van der Waals surface area contributed by atoms with E-state index in [-0.39, 0.29) is 5.69 Å². The van der Waals surface area contributed by atoms with Gasteiger partial charge in [0.25, 0.3) is 0 Å². The molecule has 0 amide bonds. The zero-order valence-corrected chi connectivity index (χ0v) is 9.27. The van der Waals surface area contributed by atoms with Crippen LogP contribution in [0.2, 0.25) is 0 Å². The lowest BCUT2D eigenvalue weighted by molar-refractivity contribution is -0.127. The fourth-order valence-electron chi connectivity index (χ4n) is 0.972. The van der Waals surface area contributed by atoms with Crippen molar-refractivity contribution in [1.82, 2.24) is 9.97 Å². The standard InChI is InChI=1S/C8H9BrF3N3/c9-1-2-13-7-3-6(14-5-15-7)4-8(10,11)12/h3,5H,1-2,4H2,(H,13,14,15). The number of aromatic nitrogens is 2. The third kappa shape index (κ3) is 4.96. The Hall–Kier alpha value is -0.850. The summed E-state index contributed by atoms with van der Waals surface area (Å²) in [5.41, 5.74) is -0.0328. The SMILES string of the molecule is FC(F)(F)Cc1cc(NCCBr)ncn1. The first kappa shape index (κ1) is 12.2. The van der Waals surface area contributed by atoms with Crippen LogP contribution in [0, 0.1) is 0 Å². The fraction of sp³-hybridized carbons (Fsp3) is 0.500. The minimum atomic E-state index is -4.24. The summed E-state index contributed by atoms with van der Waals surface area (Å²) in [6.45, 7) is 0.600. The summed E-state index contributed by atoms with van der Waals surface area (Å²) in [7, 11) is 0. The van der Waals surface area contributed by atoms with Crippen LogP contribution in [0.5, 0.6) is 0 Å². The second-order valence-corrected chi connectivity index (χ2v) is 3.60. The molecular formula is C8H9BrF3N3. The number of rotatable bonds is 4. The molecule has 0 saturated carbocycles. The minimum absolute atomic E-state index is 0.0328. The minimum Gasteiger partial charge on any atom is -0.369 e. The van der Waals surface area contributed by atoms with Crippen molar-refractivity contribution in [2.24, 2.45) is 0 Å². The molecule has 0 spiro atoms. The van der Waals surface area contributed by atoms with Crippen LogP contribution in [-0.2, 0) is 6.42 Å². The Balaban J connectivity index is 2.66. The molecule has 3 nitrogen and oxygen atoms in total. The Labute approximate surface area is 93.2 Å². The third-order valence-electron chi connectivity index (χ3n) is 1.51. The molecule has 7 heteroatoms. The highest BCUT2D eigenvalue weighted by molar-refractivity contribution is 9.09. The van der Waals surface area contributed by atoms with Gasteiger partial charge in [0.05, 0.1) is 12.1 Å². The van der Waals surface area contributed by atoms with E-state index in [4.69, 9.17) is 0 Å². The lowest BCUT2D eigenvalue weighted by Gasteiger charge is -2.07. The molecule has 0 fully saturated rings. The molecular weight excluding hydrogens is 275 g/mol. The van der Waals surface area contributed by atoms with Crippen molar-refractivity contribution < 1.29 is 13.2 Å². The molecule has 0 atom stereocenters. The largest absolute Gasteiger partial charge is 0.394 e. The molecule has 0 radical (unpaired) electrons. The topological polar surface area (TPSA) is 37.8 Å². The van der Waals surface area contributed by atoms with Gasteiger partial charge in [-0.2, -0.15) is 13.2 Å². The second-order valence-electron chi connectivity index (χ2n) is 2.80. The van der Waals surface area contributed by atoms with Crippen LogP contribution in [0.4, 0.5) is 19.0 Å². The third-order valence-corrected chi connectivity index (χ3v) is 1.90. The van der Waals surface area contributed by atoms with Gasteiger partial charge in [-0.25, -0.2) is 9.97 Å². The predicted molar refractivity (Wildman–Crippen MR) is 54.1 cm³/mol. The number of nitrogens with one attached hydrogen (secondary N) is 1. The summed E-state index contributed by atoms with van der Waals surface area (Å²) in [5.74, 6) is 0.406. The summed E-state index contributed by atoms with van der Waals surface area (Å²) >= 11 is 3.19. The highest BCUT2D eigenvalue weighted by Crippen LogP contribution is 2.20. The van der Waals surface area contributed by atoms with Crippen LogP contribution in [0.25, 0.3) is 0 Å². The highest BCUT2D eigenvalue weighted by Gasteiger charge is 2.28. The van der Waals surface area contributed by atoms with Crippen molar-refractivity contribution in [2.45, 2.75) is 12.6 Å². The van der Waals surface area contributed by atoms with Crippen LogP contribution in [-0.4, -0.2) is 28.0 Å². The van der Waals surface area contributed by atoms with Gasteiger partial charge in [0, 0.05) is 17.9 Å². The Bertz CT molecular complexity index is 316. The average Bonchev–Trinajstić information content (AvgIpc) is 2.12. The van der Waals surface area contributed by atoms with Gasteiger partial charge in [0.1, 0.15) is 12.1 Å². The molecule has 0 aliphatic heterocycles. The molecule has 1 rings (SSSR count). The number of anilines is 1. The van der Waals surface area contributed by atoms with E-state index < -0.39 is 12.6 Å². The van der Waals surface area contributed by atoms with Gasteiger partial charge < -0.3 is 5.32 Å². The molecule has 0 aromatic carbocycles. The van der Waals surface area contributed by atoms with E-state index in [2.05, 4.69) is 31.2 Å². The molecule has 0 aliphatic carbocycles. The van der Waals surface area contributed by atoms with Gasteiger partial charge in [-0.1, -0.05) is 15.9 Å². The summed E-state index contributed by atoms with van der Waals surface area (Å²) in [5, 5.41) is 3.56. The molecule has 1 aromatic rings. The first-order chi connectivity index (χ1) is 7.01. The van der Waals surface area contributed by atoms with Crippen molar-refractivity contribution in [2.75, 3.05) is 17.2 Å².